The zero-order chi connectivity index (χ0) is 22.2. The lowest BCUT2D eigenvalue weighted by molar-refractivity contribution is -0.143. The first-order chi connectivity index (χ1) is 15.5. The second-order valence-corrected chi connectivity index (χ2v) is 8.58. The zero-order valence-corrected chi connectivity index (χ0v) is 17.8. The maximum absolute atomic E-state index is 11.5. The molecule has 10 nitrogen and oxygen atoms in total. The molecule has 0 spiro atoms. The largest absolute Gasteiger partial charge is 0.508 e. The van der Waals surface area contributed by atoms with Crippen LogP contribution in [-0.4, -0.2) is 61.9 Å². The zero-order valence-electron chi connectivity index (χ0n) is 17.8. The van der Waals surface area contributed by atoms with Crippen LogP contribution in [0.1, 0.15) is 31.7 Å². The number of hydrogen-bond acceptors (Lipinski definition) is 8. The van der Waals surface area contributed by atoms with Gasteiger partial charge in [-0.05, 0) is 43.5 Å². The first kappa shape index (κ1) is 20.3. The summed E-state index contributed by atoms with van der Waals surface area (Å²) < 4.78 is 1.98. The number of nitrogen functional groups attached to an aromatic ring is 1. The number of aliphatic carboxylic acids is 1. The first-order valence-corrected chi connectivity index (χ1v) is 11.0. The fourth-order valence-electron chi connectivity index (χ4n) is 4.80. The van der Waals surface area contributed by atoms with Crippen molar-refractivity contribution in [3.63, 3.8) is 0 Å². The van der Waals surface area contributed by atoms with E-state index in [-0.39, 0.29) is 17.7 Å². The number of piperazine rings is 1. The summed E-state index contributed by atoms with van der Waals surface area (Å²) in [6, 6.07) is 7.27. The van der Waals surface area contributed by atoms with Crippen LogP contribution in [0, 0.1) is 5.92 Å². The van der Waals surface area contributed by atoms with Crippen LogP contribution < -0.4 is 15.5 Å². The van der Waals surface area contributed by atoms with Crippen molar-refractivity contribution in [3.05, 3.63) is 30.6 Å². The Balaban J connectivity index is 1.37. The number of phenols is 1. The third kappa shape index (κ3) is 3.76. The Hall–Kier alpha value is -3.56. The summed E-state index contributed by atoms with van der Waals surface area (Å²) in [5.74, 6) is 0.107. The van der Waals surface area contributed by atoms with Crippen molar-refractivity contribution < 1.29 is 15.0 Å². The van der Waals surface area contributed by atoms with Gasteiger partial charge in [0, 0.05) is 37.9 Å². The van der Waals surface area contributed by atoms with E-state index in [1.165, 1.54) is 0 Å². The van der Waals surface area contributed by atoms with E-state index in [9.17, 15) is 15.0 Å². The normalized spacial score (nSPS) is 21.8. The number of aromatic hydroxyl groups is 1. The Kier molecular flexibility index (Phi) is 5.20. The molecule has 0 radical (unpaired) electrons. The number of rotatable bonds is 4. The number of carbonyl (C=O) groups is 1. The highest BCUT2D eigenvalue weighted by atomic mass is 16.4. The highest BCUT2D eigenvalue weighted by Gasteiger charge is 2.30. The van der Waals surface area contributed by atoms with Crippen LogP contribution >= 0.6 is 0 Å². The van der Waals surface area contributed by atoms with Gasteiger partial charge >= 0.3 is 5.97 Å². The van der Waals surface area contributed by atoms with Crippen LogP contribution in [0.2, 0.25) is 0 Å². The molecule has 5 rings (SSSR count). The van der Waals surface area contributed by atoms with Gasteiger partial charge in [0.1, 0.15) is 11.3 Å². The molecule has 2 aliphatic rings. The molecule has 2 unspecified atom stereocenters. The highest BCUT2D eigenvalue weighted by Crippen LogP contribution is 2.35. The molecule has 3 aromatic rings. The third-order valence-corrected chi connectivity index (χ3v) is 6.60. The molecule has 1 aromatic carbocycles. The minimum absolute atomic E-state index is 0.0448. The summed E-state index contributed by atoms with van der Waals surface area (Å²) in [6.07, 6.45) is 4.78. The lowest BCUT2D eigenvalue weighted by atomic mass is 9.85. The molecule has 1 saturated heterocycles. The number of imidazole rings is 1. The maximum Gasteiger partial charge on any atom is 0.306 e. The SMILES string of the molecule is Nc1nc(N2CCN(c3ccc(O)cc3)CC2)nc2c1ncn2C1CCCC(C(=O)O)C1. The summed E-state index contributed by atoms with van der Waals surface area (Å²) in [4.78, 5) is 29.6. The molecule has 1 aliphatic carbocycles. The van der Waals surface area contributed by atoms with Gasteiger partial charge in [0.25, 0.3) is 0 Å². The minimum atomic E-state index is -0.736. The van der Waals surface area contributed by atoms with Gasteiger partial charge < -0.3 is 30.3 Å². The van der Waals surface area contributed by atoms with Crippen molar-refractivity contribution in [3.8, 4) is 5.75 Å². The number of carboxylic acid groups (broad SMARTS) is 1. The fraction of sp³-hybridized carbons (Fsp3) is 0.455. The lowest BCUT2D eigenvalue weighted by Crippen LogP contribution is -2.47. The van der Waals surface area contributed by atoms with Gasteiger partial charge in [0.05, 0.1) is 12.2 Å². The summed E-state index contributed by atoms with van der Waals surface area (Å²) in [5.41, 5.74) is 8.54. The van der Waals surface area contributed by atoms with Crippen molar-refractivity contribution in [1.29, 1.82) is 0 Å². The average Bonchev–Trinajstić information content (AvgIpc) is 3.24. The van der Waals surface area contributed by atoms with Crippen molar-refractivity contribution in [1.82, 2.24) is 19.5 Å². The molecule has 2 aromatic heterocycles. The predicted molar refractivity (Wildman–Crippen MR) is 121 cm³/mol. The van der Waals surface area contributed by atoms with Gasteiger partial charge in [-0.2, -0.15) is 9.97 Å². The van der Waals surface area contributed by atoms with Crippen LogP contribution in [0.3, 0.4) is 0 Å². The van der Waals surface area contributed by atoms with E-state index < -0.39 is 5.97 Å². The van der Waals surface area contributed by atoms with Crippen LogP contribution in [0.4, 0.5) is 17.5 Å². The van der Waals surface area contributed by atoms with Gasteiger partial charge in [-0.3, -0.25) is 4.79 Å². The molecule has 2 atom stereocenters. The van der Waals surface area contributed by atoms with Crippen molar-refractivity contribution in [2.45, 2.75) is 31.7 Å². The molecule has 4 N–H and O–H groups in total. The molecule has 168 valence electrons. The molecule has 0 bridgehead atoms. The van der Waals surface area contributed by atoms with Gasteiger partial charge in [-0.1, -0.05) is 6.42 Å². The minimum Gasteiger partial charge on any atom is -0.508 e. The molecule has 32 heavy (non-hydrogen) atoms. The second-order valence-electron chi connectivity index (χ2n) is 8.58. The Bertz CT molecular complexity index is 1120. The number of benzene rings is 1. The number of anilines is 3. The highest BCUT2D eigenvalue weighted by molar-refractivity contribution is 5.83. The fourth-order valence-corrected chi connectivity index (χ4v) is 4.80. The van der Waals surface area contributed by atoms with Crippen molar-refractivity contribution in [2.75, 3.05) is 41.7 Å². The Morgan fingerprint density at radius 3 is 2.47 bits per heavy atom. The molecule has 1 aliphatic heterocycles. The first-order valence-electron chi connectivity index (χ1n) is 11.0. The number of aromatic nitrogens is 4. The number of phenolic OH excluding ortho intramolecular Hbond substituents is 1. The average molecular weight is 438 g/mol. The second kappa shape index (κ2) is 8.18. The van der Waals surface area contributed by atoms with E-state index in [4.69, 9.17) is 10.7 Å². The van der Waals surface area contributed by atoms with Gasteiger partial charge in [0.2, 0.25) is 5.95 Å². The molecule has 0 amide bonds. The van der Waals surface area contributed by atoms with Crippen LogP contribution in [0.5, 0.6) is 5.75 Å². The number of carboxylic acids is 1. The standard InChI is InChI=1S/C22H27N7O3/c23-19-18-20(29(13-24-18)16-3-1-2-14(12-16)21(31)32)26-22(25-19)28-10-8-27(9-11-28)15-4-6-17(30)7-5-15/h4-7,13-14,16,30H,1-3,8-12H2,(H,31,32)(H2,23,25,26). The summed E-state index contributed by atoms with van der Waals surface area (Å²) in [6.45, 7) is 3.08. The monoisotopic (exact) mass is 437 g/mol. The summed E-state index contributed by atoms with van der Waals surface area (Å²) in [5, 5.41) is 19.0. The third-order valence-electron chi connectivity index (χ3n) is 6.60. The van der Waals surface area contributed by atoms with E-state index in [2.05, 4.69) is 19.8 Å². The van der Waals surface area contributed by atoms with E-state index in [1.54, 1.807) is 18.5 Å². The smallest absolute Gasteiger partial charge is 0.306 e. The summed E-state index contributed by atoms with van der Waals surface area (Å²) in [7, 11) is 0. The molecule has 1 saturated carbocycles. The van der Waals surface area contributed by atoms with Gasteiger partial charge in [0.15, 0.2) is 11.5 Å². The number of nitrogens with zero attached hydrogens (tertiary/aromatic N) is 6. The molecule has 10 heteroatoms. The molecule has 2 fully saturated rings. The van der Waals surface area contributed by atoms with Crippen molar-refractivity contribution in [2.24, 2.45) is 5.92 Å². The quantitative estimate of drug-likeness (QED) is 0.562. The molecular weight excluding hydrogens is 410 g/mol. The van der Waals surface area contributed by atoms with Crippen LogP contribution in [0.25, 0.3) is 11.2 Å². The van der Waals surface area contributed by atoms with E-state index in [0.717, 1.165) is 44.7 Å². The Labute approximate surface area is 185 Å². The van der Waals surface area contributed by atoms with Gasteiger partial charge in [-0.25, -0.2) is 4.98 Å². The summed E-state index contributed by atoms with van der Waals surface area (Å²) >= 11 is 0. The van der Waals surface area contributed by atoms with E-state index >= 15 is 0 Å². The van der Waals surface area contributed by atoms with E-state index in [1.807, 2.05) is 16.7 Å². The van der Waals surface area contributed by atoms with Crippen molar-refractivity contribution >= 4 is 34.6 Å². The topological polar surface area (TPSA) is 134 Å². The van der Waals surface area contributed by atoms with E-state index in [0.29, 0.717) is 35.8 Å². The van der Waals surface area contributed by atoms with Crippen LogP contribution in [0.15, 0.2) is 30.6 Å². The lowest BCUT2D eigenvalue weighted by Gasteiger charge is -2.36. The molecule has 3 heterocycles. The predicted octanol–water partition coefficient (Wildman–Crippen LogP) is 2.26. The molecular formula is C22H27N7O3. The number of nitrogens with two attached hydrogens (primary N) is 1. The number of hydrogen-bond donors (Lipinski definition) is 3. The number of fused-ring (bicyclic) bond motifs is 1. The maximum atomic E-state index is 11.5. The van der Waals surface area contributed by atoms with Crippen LogP contribution in [-0.2, 0) is 4.79 Å². The Morgan fingerprint density at radius 2 is 1.75 bits per heavy atom. The van der Waals surface area contributed by atoms with Gasteiger partial charge in [-0.15, -0.1) is 0 Å². The Morgan fingerprint density at radius 1 is 1.03 bits per heavy atom.